The third kappa shape index (κ3) is 6.93. The highest BCUT2D eigenvalue weighted by atomic mass is 19.4. The fourth-order valence-corrected chi connectivity index (χ4v) is 3.96. The summed E-state index contributed by atoms with van der Waals surface area (Å²) in [6.45, 7) is 5.05. The van der Waals surface area contributed by atoms with Gasteiger partial charge < -0.3 is 19.5 Å². The number of carbonyl (C=O) groups is 1. The van der Waals surface area contributed by atoms with Crippen LogP contribution in [0.15, 0.2) is 42.6 Å². The first-order valence-electron chi connectivity index (χ1n) is 11.8. The predicted octanol–water partition coefficient (Wildman–Crippen LogP) is 4.99. The Morgan fingerprint density at radius 3 is 2.32 bits per heavy atom. The SMILES string of the molecule is CC=O.Cc1cc(-c2cc(N3CCCN(c4ncccc4C(F)(F)F)CC3)nc(N(C)C)n2)ccc1F. The topological polar surface area (TPSA) is 65.5 Å². The average molecular weight is 519 g/mol. The monoisotopic (exact) mass is 518 g/mol. The number of benzene rings is 1. The zero-order valence-corrected chi connectivity index (χ0v) is 21.3. The first kappa shape index (κ1) is 27.8. The molecule has 0 amide bonds. The summed E-state index contributed by atoms with van der Waals surface area (Å²) >= 11 is 0. The number of aryl methyl sites for hydroxylation is 1. The first-order chi connectivity index (χ1) is 17.5. The van der Waals surface area contributed by atoms with Crippen LogP contribution in [0.25, 0.3) is 11.3 Å². The van der Waals surface area contributed by atoms with Crippen LogP contribution >= 0.6 is 0 Å². The molecule has 1 aromatic carbocycles. The van der Waals surface area contributed by atoms with E-state index in [4.69, 9.17) is 4.79 Å². The number of halogens is 4. The summed E-state index contributed by atoms with van der Waals surface area (Å²) in [7, 11) is 3.67. The molecule has 4 rings (SSSR count). The van der Waals surface area contributed by atoms with Crippen molar-refractivity contribution in [3.05, 3.63) is 59.5 Å². The molecule has 37 heavy (non-hydrogen) atoms. The quantitative estimate of drug-likeness (QED) is 0.356. The molecular formula is C26H30F4N6O. The number of nitrogens with zero attached hydrogens (tertiary/aromatic N) is 6. The number of pyridine rings is 1. The van der Waals surface area contributed by atoms with E-state index in [1.807, 2.05) is 25.1 Å². The van der Waals surface area contributed by atoms with Crippen molar-refractivity contribution in [3.8, 4) is 11.3 Å². The van der Waals surface area contributed by atoms with Crippen LogP contribution in [-0.2, 0) is 11.0 Å². The zero-order chi connectivity index (χ0) is 27.2. The van der Waals surface area contributed by atoms with Crippen LogP contribution in [0, 0.1) is 12.7 Å². The molecule has 1 aliphatic heterocycles. The Bertz CT molecular complexity index is 1220. The predicted molar refractivity (Wildman–Crippen MR) is 137 cm³/mol. The molecule has 1 fully saturated rings. The largest absolute Gasteiger partial charge is 0.419 e. The van der Waals surface area contributed by atoms with Crippen molar-refractivity contribution in [2.45, 2.75) is 26.4 Å². The van der Waals surface area contributed by atoms with Crippen LogP contribution in [-0.4, -0.2) is 61.5 Å². The van der Waals surface area contributed by atoms with Gasteiger partial charge in [-0.25, -0.2) is 14.4 Å². The van der Waals surface area contributed by atoms with Crippen molar-refractivity contribution >= 4 is 23.9 Å². The first-order valence-corrected chi connectivity index (χ1v) is 11.8. The van der Waals surface area contributed by atoms with Gasteiger partial charge in [-0.05, 0) is 56.2 Å². The third-order valence-electron chi connectivity index (χ3n) is 5.77. The minimum Gasteiger partial charge on any atom is -0.355 e. The summed E-state index contributed by atoms with van der Waals surface area (Å²) in [5.74, 6) is 0.844. The van der Waals surface area contributed by atoms with Gasteiger partial charge in [0.1, 0.15) is 23.7 Å². The summed E-state index contributed by atoms with van der Waals surface area (Å²) in [5, 5.41) is 0. The second-order valence-electron chi connectivity index (χ2n) is 8.71. The Morgan fingerprint density at radius 2 is 1.68 bits per heavy atom. The lowest BCUT2D eigenvalue weighted by Crippen LogP contribution is -2.33. The molecule has 2 aromatic heterocycles. The number of aromatic nitrogens is 3. The van der Waals surface area contributed by atoms with Gasteiger partial charge in [-0.2, -0.15) is 18.2 Å². The lowest BCUT2D eigenvalue weighted by atomic mass is 10.1. The highest BCUT2D eigenvalue weighted by Gasteiger charge is 2.36. The van der Waals surface area contributed by atoms with Crippen molar-refractivity contribution in [2.24, 2.45) is 0 Å². The molecule has 1 saturated heterocycles. The fraction of sp³-hybridized carbons (Fsp3) is 0.385. The maximum atomic E-state index is 13.8. The third-order valence-corrected chi connectivity index (χ3v) is 5.77. The molecule has 198 valence electrons. The number of rotatable bonds is 4. The molecule has 3 aromatic rings. The number of aldehydes is 1. The molecule has 0 radical (unpaired) electrons. The summed E-state index contributed by atoms with van der Waals surface area (Å²) < 4.78 is 54.3. The van der Waals surface area contributed by atoms with E-state index in [1.165, 1.54) is 25.3 Å². The second kappa shape index (κ2) is 12.0. The second-order valence-corrected chi connectivity index (χ2v) is 8.71. The van der Waals surface area contributed by atoms with E-state index in [9.17, 15) is 17.6 Å². The standard InChI is InChI=1S/C24H26F4N6.C2H4O/c1-16-14-17(7-8-19(16)25)20-15-21(31-23(30-20)32(2)3)33-10-5-11-34(13-12-33)22-18(24(26,27)28)6-4-9-29-22;1-2-3/h4,6-9,14-15H,5,10-13H2,1-3H3;2H,1H3. The molecule has 11 heteroatoms. The molecular weight excluding hydrogens is 488 g/mol. The van der Waals surface area contributed by atoms with Crippen molar-refractivity contribution in [1.29, 1.82) is 0 Å². The van der Waals surface area contributed by atoms with Crippen LogP contribution < -0.4 is 14.7 Å². The number of alkyl halides is 3. The molecule has 0 bridgehead atoms. The van der Waals surface area contributed by atoms with Gasteiger partial charge in [0.15, 0.2) is 0 Å². The molecule has 0 unspecified atom stereocenters. The van der Waals surface area contributed by atoms with Gasteiger partial charge in [0, 0.05) is 58.1 Å². The molecule has 0 N–H and O–H groups in total. The summed E-state index contributed by atoms with van der Waals surface area (Å²) in [6.07, 6.45) is -1.69. The normalized spacial score (nSPS) is 13.9. The lowest BCUT2D eigenvalue weighted by molar-refractivity contribution is -0.137. The Hall–Kier alpha value is -3.76. The molecule has 1 aliphatic rings. The van der Waals surface area contributed by atoms with Gasteiger partial charge in [0.05, 0.1) is 11.3 Å². The number of hydrogen-bond acceptors (Lipinski definition) is 7. The number of hydrogen-bond donors (Lipinski definition) is 0. The van der Waals surface area contributed by atoms with E-state index >= 15 is 0 Å². The number of carbonyl (C=O) groups excluding carboxylic acids is 1. The minimum atomic E-state index is -4.47. The van der Waals surface area contributed by atoms with Crippen LogP contribution in [0.1, 0.15) is 24.5 Å². The van der Waals surface area contributed by atoms with Crippen LogP contribution in [0.2, 0.25) is 0 Å². The van der Waals surface area contributed by atoms with Gasteiger partial charge >= 0.3 is 6.18 Å². The summed E-state index contributed by atoms with van der Waals surface area (Å²) in [6, 6.07) is 9.05. The smallest absolute Gasteiger partial charge is 0.355 e. The maximum absolute atomic E-state index is 13.8. The van der Waals surface area contributed by atoms with E-state index in [2.05, 4.69) is 15.0 Å². The van der Waals surface area contributed by atoms with Gasteiger partial charge in [-0.15, -0.1) is 0 Å². The van der Waals surface area contributed by atoms with E-state index < -0.39 is 11.7 Å². The Morgan fingerprint density at radius 1 is 1.00 bits per heavy atom. The van der Waals surface area contributed by atoms with Gasteiger partial charge in [-0.1, -0.05) is 0 Å². The molecule has 3 heterocycles. The van der Waals surface area contributed by atoms with E-state index in [-0.39, 0.29) is 11.6 Å². The minimum absolute atomic E-state index is 0.0454. The molecule has 0 saturated carbocycles. The Balaban J connectivity index is 0.00000121. The van der Waals surface area contributed by atoms with Gasteiger partial charge in [-0.3, -0.25) is 0 Å². The highest BCUT2D eigenvalue weighted by Crippen LogP contribution is 2.35. The van der Waals surface area contributed by atoms with Crippen molar-refractivity contribution in [3.63, 3.8) is 0 Å². The average Bonchev–Trinajstić information content (AvgIpc) is 3.12. The van der Waals surface area contributed by atoms with Crippen molar-refractivity contribution < 1.29 is 22.4 Å². The van der Waals surface area contributed by atoms with Crippen molar-refractivity contribution in [2.75, 3.05) is 55.0 Å². The maximum Gasteiger partial charge on any atom is 0.419 e. The van der Waals surface area contributed by atoms with Crippen LogP contribution in [0.3, 0.4) is 0 Å². The molecule has 0 spiro atoms. The van der Waals surface area contributed by atoms with E-state index in [0.29, 0.717) is 55.6 Å². The molecule has 7 nitrogen and oxygen atoms in total. The highest BCUT2D eigenvalue weighted by molar-refractivity contribution is 5.66. The lowest BCUT2D eigenvalue weighted by Gasteiger charge is -2.26. The van der Waals surface area contributed by atoms with Crippen LogP contribution in [0.5, 0.6) is 0 Å². The fourth-order valence-electron chi connectivity index (χ4n) is 3.96. The number of anilines is 3. The molecule has 0 aliphatic carbocycles. The van der Waals surface area contributed by atoms with E-state index in [0.717, 1.165) is 17.9 Å². The Kier molecular flexibility index (Phi) is 9.01. The molecule has 0 atom stereocenters. The Labute approximate surface area is 213 Å². The zero-order valence-electron chi connectivity index (χ0n) is 21.3. The van der Waals surface area contributed by atoms with Crippen molar-refractivity contribution in [1.82, 2.24) is 15.0 Å². The van der Waals surface area contributed by atoms with Crippen LogP contribution in [0.4, 0.5) is 35.1 Å². The van der Waals surface area contributed by atoms with Gasteiger partial charge in [0.25, 0.3) is 0 Å². The van der Waals surface area contributed by atoms with E-state index in [1.54, 1.807) is 28.9 Å². The van der Waals surface area contributed by atoms with Gasteiger partial charge in [0.2, 0.25) is 5.95 Å². The summed E-state index contributed by atoms with van der Waals surface area (Å²) in [4.78, 5) is 27.6. The summed E-state index contributed by atoms with van der Waals surface area (Å²) in [5.41, 5.74) is 1.21.